The minimum atomic E-state index is -0.123. The van der Waals surface area contributed by atoms with Crippen LogP contribution in [0.25, 0.3) is 0 Å². The number of halogens is 1. The molecule has 2 amide bonds. The zero-order valence-corrected chi connectivity index (χ0v) is 16.3. The topological polar surface area (TPSA) is 49.4 Å². The molecular formula is C22H25ClN2O2. The number of nitrogens with one attached hydrogen (secondary N) is 1. The molecule has 0 unspecified atom stereocenters. The summed E-state index contributed by atoms with van der Waals surface area (Å²) >= 11 is 6.15. The number of hydrogen-bond acceptors (Lipinski definition) is 2. The smallest absolute Gasteiger partial charge is 0.255 e. The number of carbonyl (C=O) groups excluding carboxylic acids is 2. The fraction of sp³-hybridized carbons (Fsp3) is 0.364. The summed E-state index contributed by atoms with van der Waals surface area (Å²) in [6.45, 7) is 3.76. The van der Waals surface area contributed by atoms with Crippen molar-refractivity contribution < 1.29 is 9.59 Å². The van der Waals surface area contributed by atoms with E-state index in [1.807, 2.05) is 41.3 Å². The van der Waals surface area contributed by atoms with Crippen LogP contribution in [-0.4, -0.2) is 29.8 Å². The molecule has 0 aliphatic carbocycles. The zero-order chi connectivity index (χ0) is 19.2. The van der Waals surface area contributed by atoms with E-state index >= 15 is 0 Å². The van der Waals surface area contributed by atoms with Gasteiger partial charge in [-0.05, 0) is 48.9 Å². The van der Waals surface area contributed by atoms with E-state index in [1.54, 1.807) is 12.1 Å². The highest BCUT2D eigenvalue weighted by atomic mass is 35.5. The van der Waals surface area contributed by atoms with Crippen molar-refractivity contribution in [3.63, 3.8) is 0 Å². The fourth-order valence-corrected chi connectivity index (χ4v) is 3.55. The van der Waals surface area contributed by atoms with Crippen LogP contribution in [0.3, 0.4) is 0 Å². The van der Waals surface area contributed by atoms with Crippen LogP contribution in [0.4, 0.5) is 5.69 Å². The highest BCUT2D eigenvalue weighted by Gasteiger charge is 2.23. The summed E-state index contributed by atoms with van der Waals surface area (Å²) in [5.74, 6) is 0.528. The predicted octanol–water partition coefficient (Wildman–Crippen LogP) is 4.78. The Morgan fingerprint density at radius 1 is 1.07 bits per heavy atom. The minimum Gasteiger partial charge on any atom is -0.339 e. The van der Waals surface area contributed by atoms with E-state index < -0.39 is 0 Å². The first-order valence-electron chi connectivity index (χ1n) is 9.46. The Labute approximate surface area is 165 Å². The van der Waals surface area contributed by atoms with E-state index in [0.29, 0.717) is 35.0 Å². The van der Waals surface area contributed by atoms with E-state index in [1.165, 1.54) is 0 Å². The number of rotatable bonds is 5. The summed E-state index contributed by atoms with van der Waals surface area (Å²) in [7, 11) is 0. The lowest BCUT2D eigenvalue weighted by Gasteiger charge is -2.30. The quantitative estimate of drug-likeness (QED) is 0.806. The third kappa shape index (κ3) is 5.10. The molecule has 0 radical (unpaired) electrons. The van der Waals surface area contributed by atoms with Crippen LogP contribution in [0.15, 0.2) is 48.5 Å². The normalized spacial score (nSPS) is 14.8. The maximum Gasteiger partial charge on any atom is 0.255 e. The number of aryl methyl sites for hydroxylation is 1. The van der Waals surface area contributed by atoms with Gasteiger partial charge in [0.25, 0.3) is 5.91 Å². The van der Waals surface area contributed by atoms with E-state index in [9.17, 15) is 9.59 Å². The summed E-state index contributed by atoms with van der Waals surface area (Å²) < 4.78 is 0. The van der Waals surface area contributed by atoms with Crippen molar-refractivity contribution in [2.75, 3.05) is 18.4 Å². The molecule has 1 N–H and O–H groups in total. The largest absolute Gasteiger partial charge is 0.339 e. The van der Waals surface area contributed by atoms with Gasteiger partial charge in [0.15, 0.2) is 0 Å². The van der Waals surface area contributed by atoms with Crippen LogP contribution in [0.2, 0.25) is 5.02 Å². The van der Waals surface area contributed by atoms with Crippen LogP contribution >= 0.6 is 11.6 Å². The molecule has 27 heavy (non-hydrogen) atoms. The molecule has 1 aliphatic heterocycles. The molecule has 0 atom stereocenters. The van der Waals surface area contributed by atoms with Crippen molar-refractivity contribution in [1.29, 1.82) is 0 Å². The Bertz CT molecular complexity index is 813. The molecule has 3 rings (SSSR count). The van der Waals surface area contributed by atoms with Gasteiger partial charge in [-0.2, -0.15) is 0 Å². The molecule has 1 heterocycles. The van der Waals surface area contributed by atoms with Gasteiger partial charge >= 0.3 is 0 Å². The molecule has 1 saturated heterocycles. The average molecular weight is 385 g/mol. The van der Waals surface area contributed by atoms with Gasteiger partial charge in [-0.15, -0.1) is 0 Å². The number of likely N-dealkylation sites (tertiary alicyclic amines) is 1. The molecule has 0 aromatic heterocycles. The van der Waals surface area contributed by atoms with Crippen molar-refractivity contribution in [3.8, 4) is 0 Å². The zero-order valence-electron chi connectivity index (χ0n) is 15.6. The molecule has 0 saturated carbocycles. The van der Waals surface area contributed by atoms with Gasteiger partial charge in [0.2, 0.25) is 5.91 Å². The van der Waals surface area contributed by atoms with Gasteiger partial charge in [0.1, 0.15) is 0 Å². The Morgan fingerprint density at radius 2 is 1.74 bits per heavy atom. The molecule has 4 nitrogen and oxygen atoms in total. The Kier molecular flexibility index (Phi) is 6.51. The lowest BCUT2D eigenvalue weighted by molar-refractivity contribution is -0.116. The van der Waals surface area contributed by atoms with E-state index in [2.05, 4.69) is 12.2 Å². The third-order valence-corrected chi connectivity index (χ3v) is 5.45. The Balaban J connectivity index is 1.64. The first kappa shape index (κ1) is 19.4. The standard InChI is InChI=1S/C22H25ClN2O2/c1-16-12-14-25(15-13-16)22(27)18-7-3-5-9-20(18)24-21(26)11-10-17-6-2-4-8-19(17)23/h2-9,16H,10-15H2,1H3,(H,24,26). The van der Waals surface area contributed by atoms with Crippen molar-refractivity contribution >= 4 is 29.1 Å². The number of piperidine rings is 1. The molecule has 142 valence electrons. The van der Waals surface area contributed by atoms with Crippen molar-refractivity contribution in [1.82, 2.24) is 4.90 Å². The van der Waals surface area contributed by atoms with E-state index in [0.717, 1.165) is 31.5 Å². The first-order valence-corrected chi connectivity index (χ1v) is 9.84. The van der Waals surface area contributed by atoms with Crippen LogP contribution in [0.1, 0.15) is 42.1 Å². The summed E-state index contributed by atoms with van der Waals surface area (Å²) in [5.41, 5.74) is 2.07. The molecule has 2 aromatic carbocycles. The Hall–Kier alpha value is -2.33. The van der Waals surface area contributed by atoms with E-state index in [4.69, 9.17) is 11.6 Å². The van der Waals surface area contributed by atoms with Crippen molar-refractivity contribution in [2.45, 2.75) is 32.6 Å². The first-order chi connectivity index (χ1) is 13.0. The molecule has 2 aromatic rings. The molecule has 1 fully saturated rings. The maximum atomic E-state index is 12.9. The molecule has 5 heteroatoms. The summed E-state index contributed by atoms with van der Waals surface area (Å²) in [5, 5.41) is 3.57. The lowest BCUT2D eigenvalue weighted by Crippen LogP contribution is -2.38. The molecular weight excluding hydrogens is 360 g/mol. The third-order valence-electron chi connectivity index (χ3n) is 5.08. The van der Waals surface area contributed by atoms with Gasteiger partial charge in [0, 0.05) is 24.5 Å². The number of hydrogen-bond donors (Lipinski definition) is 1. The monoisotopic (exact) mass is 384 g/mol. The molecule has 0 bridgehead atoms. The number of anilines is 1. The lowest BCUT2D eigenvalue weighted by atomic mass is 9.98. The van der Waals surface area contributed by atoms with Crippen molar-refractivity contribution in [2.24, 2.45) is 5.92 Å². The number of carbonyl (C=O) groups is 2. The van der Waals surface area contributed by atoms with Gasteiger partial charge in [0.05, 0.1) is 11.3 Å². The van der Waals surface area contributed by atoms with Gasteiger partial charge in [-0.25, -0.2) is 0 Å². The van der Waals surface area contributed by atoms with Crippen LogP contribution in [0, 0.1) is 5.92 Å². The second kappa shape index (κ2) is 9.05. The van der Waals surface area contributed by atoms with Gasteiger partial charge in [-0.1, -0.05) is 48.9 Å². The predicted molar refractivity (Wildman–Crippen MR) is 109 cm³/mol. The highest BCUT2D eigenvalue weighted by molar-refractivity contribution is 6.31. The van der Waals surface area contributed by atoms with Gasteiger partial charge in [-0.3, -0.25) is 9.59 Å². The summed E-state index contributed by atoms with van der Waals surface area (Å²) in [6, 6.07) is 14.8. The van der Waals surface area contributed by atoms with Crippen molar-refractivity contribution in [3.05, 3.63) is 64.7 Å². The highest BCUT2D eigenvalue weighted by Crippen LogP contribution is 2.23. The Morgan fingerprint density at radius 3 is 2.48 bits per heavy atom. The number of amides is 2. The average Bonchev–Trinajstić information content (AvgIpc) is 2.68. The second-order valence-corrected chi connectivity index (χ2v) is 7.57. The van der Waals surface area contributed by atoms with E-state index in [-0.39, 0.29) is 11.8 Å². The minimum absolute atomic E-state index is 0.0103. The summed E-state index contributed by atoms with van der Waals surface area (Å²) in [6.07, 6.45) is 2.93. The molecule has 0 spiro atoms. The van der Waals surface area contributed by atoms with Crippen LogP contribution < -0.4 is 5.32 Å². The maximum absolute atomic E-state index is 12.9. The molecule has 1 aliphatic rings. The van der Waals surface area contributed by atoms with Crippen LogP contribution in [-0.2, 0) is 11.2 Å². The summed E-state index contributed by atoms with van der Waals surface area (Å²) in [4.78, 5) is 27.2. The SMILES string of the molecule is CC1CCN(C(=O)c2ccccc2NC(=O)CCc2ccccc2Cl)CC1. The number of benzene rings is 2. The fourth-order valence-electron chi connectivity index (χ4n) is 3.32. The van der Waals surface area contributed by atoms with Crippen LogP contribution in [0.5, 0.6) is 0 Å². The number of para-hydroxylation sites is 1. The second-order valence-electron chi connectivity index (χ2n) is 7.16. The number of nitrogens with zero attached hydrogens (tertiary/aromatic N) is 1. The van der Waals surface area contributed by atoms with Gasteiger partial charge < -0.3 is 10.2 Å².